The molecule has 0 bridgehead atoms. The molecular weight excluding hydrogens is 434 g/mol. The normalized spacial score (nSPS) is 17.8. The summed E-state index contributed by atoms with van der Waals surface area (Å²) in [6.07, 6.45) is 4.31. The summed E-state index contributed by atoms with van der Waals surface area (Å²) >= 11 is 5.83. The molecule has 1 aliphatic rings. The molecule has 1 aromatic carbocycles. The average molecular weight is 464 g/mol. The Bertz CT molecular complexity index is 1130. The first-order valence-corrected chi connectivity index (χ1v) is 11.5. The minimum Gasteiger partial charge on any atom is -0.383 e. The van der Waals surface area contributed by atoms with Gasteiger partial charge >= 0.3 is 0 Å². The van der Waals surface area contributed by atoms with Gasteiger partial charge in [0.05, 0.1) is 18.3 Å². The smallest absolute Gasteiger partial charge is 0.224 e. The van der Waals surface area contributed by atoms with Crippen LogP contribution in [0.1, 0.15) is 42.4 Å². The maximum Gasteiger partial charge on any atom is 0.224 e. The monoisotopic (exact) mass is 463 g/mol. The zero-order valence-electron chi connectivity index (χ0n) is 19.1. The van der Waals surface area contributed by atoms with Crippen molar-refractivity contribution in [3.05, 3.63) is 77.9 Å². The van der Waals surface area contributed by atoms with Gasteiger partial charge in [0, 0.05) is 49.5 Å². The zero-order chi connectivity index (χ0) is 23.4. The van der Waals surface area contributed by atoms with Crippen molar-refractivity contribution in [1.82, 2.24) is 14.9 Å². The SMILES string of the molecule is CCC(=O)Nc1ccc(N2C(=S)N[C@H](c3ccccn3)[C@@H]2c2cccn2CCOC)cc1C. The lowest BCUT2D eigenvalue weighted by atomic mass is 10.0. The van der Waals surface area contributed by atoms with E-state index in [0.717, 1.165) is 34.9 Å². The van der Waals surface area contributed by atoms with Gasteiger partial charge in [-0.05, 0) is 67.2 Å². The number of ether oxygens (including phenoxy) is 1. The quantitative estimate of drug-likeness (QED) is 0.484. The number of hydrogen-bond donors (Lipinski definition) is 2. The molecule has 1 aliphatic heterocycles. The Hall–Kier alpha value is -3.23. The van der Waals surface area contributed by atoms with Gasteiger partial charge in [-0.15, -0.1) is 0 Å². The number of amides is 1. The average Bonchev–Trinajstić information content (AvgIpc) is 3.43. The van der Waals surface area contributed by atoms with Gasteiger partial charge in [0.1, 0.15) is 6.04 Å². The molecule has 0 radical (unpaired) electrons. The molecule has 3 heterocycles. The first kappa shape index (κ1) is 22.9. The van der Waals surface area contributed by atoms with Gasteiger partial charge in [0.15, 0.2) is 5.11 Å². The third-order valence-electron chi connectivity index (χ3n) is 5.89. The number of methoxy groups -OCH3 is 1. The molecule has 8 heteroatoms. The van der Waals surface area contributed by atoms with E-state index in [1.165, 1.54) is 0 Å². The van der Waals surface area contributed by atoms with Crippen LogP contribution in [0.5, 0.6) is 0 Å². The van der Waals surface area contributed by atoms with Crippen molar-refractivity contribution >= 4 is 34.6 Å². The van der Waals surface area contributed by atoms with E-state index in [2.05, 4.69) is 49.5 Å². The molecule has 1 fully saturated rings. The number of hydrogen-bond acceptors (Lipinski definition) is 4. The summed E-state index contributed by atoms with van der Waals surface area (Å²) in [4.78, 5) is 18.6. The van der Waals surface area contributed by atoms with E-state index in [0.29, 0.717) is 18.1 Å². The first-order chi connectivity index (χ1) is 16.0. The highest BCUT2D eigenvalue weighted by Gasteiger charge is 2.42. The lowest BCUT2D eigenvalue weighted by Gasteiger charge is -2.29. The number of thiocarbonyl (C=S) groups is 1. The van der Waals surface area contributed by atoms with Crippen LogP contribution in [0.15, 0.2) is 60.9 Å². The maximum atomic E-state index is 11.9. The largest absolute Gasteiger partial charge is 0.383 e. The second-order valence-electron chi connectivity index (χ2n) is 8.02. The Balaban J connectivity index is 1.76. The molecule has 0 unspecified atom stereocenters. The number of aryl methyl sites for hydroxylation is 1. The molecular formula is C25H29N5O2S. The van der Waals surface area contributed by atoms with Crippen LogP contribution in [0.25, 0.3) is 0 Å². The van der Waals surface area contributed by atoms with Crippen molar-refractivity contribution in [2.75, 3.05) is 23.9 Å². The van der Waals surface area contributed by atoms with Crippen LogP contribution in [-0.2, 0) is 16.1 Å². The Labute approximate surface area is 199 Å². The molecule has 4 rings (SSSR count). The molecule has 33 heavy (non-hydrogen) atoms. The Morgan fingerprint density at radius 2 is 2.09 bits per heavy atom. The number of aromatic nitrogens is 2. The summed E-state index contributed by atoms with van der Waals surface area (Å²) in [5.41, 5.74) is 4.80. The number of benzene rings is 1. The molecule has 2 aromatic heterocycles. The molecule has 2 N–H and O–H groups in total. The number of anilines is 2. The zero-order valence-corrected chi connectivity index (χ0v) is 19.9. The fourth-order valence-corrected chi connectivity index (χ4v) is 4.54. The van der Waals surface area contributed by atoms with E-state index in [-0.39, 0.29) is 18.0 Å². The summed E-state index contributed by atoms with van der Waals surface area (Å²) in [5.74, 6) is -0.00623. The third-order valence-corrected chi connectivity index (χ3v) is 6.20. The maximum absolute atomic E-state index is 11.9. The Morgan fingerprint density at radius 1 is 1.24 bits per heavy atom. The molecule has 3 aromatic rings. The highest BCUT2D eigenvalue weighted by atomic mass is 32.1. The second-order valence-corrected chi connectivity index (χ2v) is 8.40. The Morgan fingerprint density at radius 3 is 2.79 bits per heavy atom. The minimum absolute atomic E-state index is 0.00623. The fraction of sp³-hybridized carbons (Fsp3) is 0.320. The van der Waals surface area contributed by atoms with E-state index >= 15 is 0 Å². The van der Waals surface area contributed by atoms with E-state index in [4.69, 9.17) is 17.0 Å². The summed E-state index contributed by atoms with van der Waals surface area (Å²) in [6.45, 7) is 5.19. The molecule has 1 amide bonds. The highest BCUT2D eigenvalue weighted by Crippen LogP contribution is 2.42. The summed E-state index contributed by atoms with van der Waals surface area (Å²) in [7, 11) is 1.71. The molecule has 0 saturated carbocycles. The molecule has 172 valence electrons. The Kier molecular flexibility index (Phi) is 7.05. The van der Waals surface area contributed by atoms with E-state index in [1.807, 2.05) is 44.2 Å². The van der Waals surface area contributed by atoms with Gasteiger partial charge in [-0.3, -0.25) is 9.78 Å². The summed E-state index contributed by atoms with van der Waals surface area (Å²) in [6, 6.07) is 15.9. The van der Waals surface area contributed by atoms with Gasteiger partial charge in [-0.2, -0.15) is 0 Å². The number of nitrogens with one attached hydrogen (secondary N) is 2. The van der Waals surface area contributed by atoms with Crippen LogP contribution < -0.4 is 15.5 Å². The summed E-state index contributed by atoms with van der Waals surface area (Å²) in [5, 5.41) is 7.10. The third kappa shape index (κ3) is 4.77. The number of nitrogens with zero attached hydrogens (tertiary/aromatic N) is 3. The lowest BCUT2D eigenvalue weighted by Crippen LogP contribution is -2.30. The second kappa shape index (κ2) is 10.1. The topological polar surface area (TPSA) is 71.4 Å². The van der Waals surface area contributed by atoms with E-state index in [9.17, 15) is 4.79 Å². The van der Waals surface area contributed by atoms with Crippen LogP contribution in [-0.4, -0.2) is 34.3 Å². The van der Waals surface area contributed by atoms with Crippen molar-refractivity contribution in [2.24, 2.45) is 0 Å². The van der Waals surface area contributed by atoms with Gasteiger partial charge < -0.3 is 24.8 Å². The van der Waals surface area contributed by atoms with E-state index in [1.54, 1.807) is 13.3 Å². The van der Waals surface area contributed by atoms with E-state index < -0.39 is 0 Å². The predicted octanol–water partition coefficient (Wildman–Crippen LogP) is 4.36. The van der Waals surface area contributed by atoms with Gasteiger partial charge in [-0.1, -0.05) is 13.0 Å². The lowest BCUT2D eigenvalue weighted by molar-refractivity contribution is -0.115. The molecule has 1 saturated heterocycles. The molecule has 2 atom stereocenters. The fourth-order valence-electron chi connectivity index (χ4n) is 4.20. The van der Waals surface area contributed by atoms with Gasteiger partial charge in [0.25, 0.3) is 0 Å². The summed E-state index contributed by atoms with van der Waals surface area (Å²) < 4.78 is 7.53. The standard InChI is InChI=1S/C25H29N5O2S/c1-4-22(31)27-19-11-10-18(16-17(19)2)30-24(21-9-7-13-29(21)14-15-32-3)23(28-25(30)33)20-8-5-6-12-26-20/h5-13,16,23-24H,4,14-15H2,1-3H3,(H,27,31)(H,28,33)/t23-,24+/m1/s1. The predicted molar refractivity (Wildman–Crippen MR) is 134 cm³/mol. The first-order valence-electron chi connectivity index (χ1n) is 11.1. The van der Waals surface area contributed by atoms with Crippen molar-refractivity contribution < 1.29 is 9.53 Å². The number of carbonyl (C=O) groups excluding carboxylic acids is 1. The van der Waals surface area contributed by atoms with Crippen molar-refractivity contribution in [2.45, 2.75) is 38.9 Å². The van der Waals surface area contributed by atoms with Crippen LogP contribution in [0.2, 0.25) is 0 Å². The number of carbonyl (C=O) groups is 1. The minimum atomic E-state index is -0.116. The highest BCUT2D eigenvalue weighted by molar-refractivity contribution is 7.80. The molecule has 7 nitrogen and oxygen atoms in total. The van der Waals surface area contributed by atoms with Crippen LogP contribution in [0, 0.1) is 6.92 Å². The van der Waals surface area contributed by atoms with Crippen molar-refractivity contribution in [3.8, 4) is 0 Å². The number of rotatable bonds is 8. The number of pyridine rings is 1. The molecule has 0 aliphatic carbocycles. The van der Waals surface area contributed by atoms with Gasteiger partial charge in [0.2, 0.25) is 5.91 Å². The van der Waals surface area contributed by atoms with Crippen LogP contribution >= 0.6 is 12.2 Å². The van der Waals surface area contributed by atoms with Crippen molar-refractivity contribution in [3.63, 3.8) is 0 Å². The van der Waals surface area contributed by atoms with Crippen molar-refractivity contribution in [1.29, 1.82) is 0 Å². The van der Waals surface area contributed by atoms with Crippen LogP contribution in [0.4, 0.5) is 11.4 Å². The van der Waals surface area contributed by atoms with Gasteiger partial charge in [-0.25, -0.2) is 0 Å². The van der Waals surface area contributed by atoms with Crippen LogP contribution in [0.3, 0.4) is 0 Å². The molecule has 0 spiro atoms.